The van der Waals surface area contributed by atoms with Crippen LogP contribution < -0.4 is 15.4 Å². The van der Waals surface area contributed by atoms with Crippen LogP contribution in [0.1, 0.15) is 79.5 Å². The second-order valence-electron chi connectivity index (χ2n) is 7.04. The van der Waals surface area contributed by atoms with E-state index in [2.05, 4.69) is 42.5 Å². The lowest BCUT2D eigenvalue weighted by molar-refractivity contribution is 0.0158. The van der Waals surface area contributed by atoms with Gasteiger partial charge >= 0.3 is 0 Å². The molecule has 176 valence electrons. The molecule has 0 saturated heterocycles. The summed E-state index contributed by atoms with van der Waals surface area (Å²) >= 11 is 0. The van der Waals surface area contributed by atoms with E-state index in [0.29, 0.717) is 12.5 Å². The molecule has 32 heavy (non-hydrogen) atoms. The molecule has 2 aromatic rings. The van der Waals surface area contributed by atoms with Gasteiger partial charge in [0.05, 0.1) is 12.6 Å². The van der Waals surface area contributed by atoms with Crippen molar-refractivity contribution in [1.82, 2.24) is 10.6 Å². The maximum Gasteiger partial charge on any atom is 0.205 e. The van der Waals surface area contributed by atoms with Crippen LogP contribution in [0, 0.1) is 17.4 Å². The minimum Gasteiger partial charge on any atom is -0.487 e. The molecule has 5 heteroatoms. The van der Waals surface area contributed by atoms with E-state index in [9.17, 15) is 0 Å². The molecule has 0 aliphatic carbocycles. The van der Waals surface area contributed by atoms with E-state index in [4.69, 9.17) is 10.00 Å². The van der Waals surface area contributed by atoms with Crippen LogP contribution >= 0.6 is 0 Å². The first-order valence-electron chi connectivity index (χ1n) is 11.8. The molecule has 0 saturated carbocycles. The molecular weight excluding hydrogens is 396 g/mol. The van der Waals surface area contributed by atoms with Gasteiger partial charge in [-0.2, -0.15) is 5.26 Å². The minimum atomic E-state index is -0.330. The largest absolute Gasteiger partial charge is 0.487 e. The summed E-state index contributed by atoms with van der Waals surface area (Å²) in [6.45, 7) is 18.8. The number of aliphatic imine (C=N–C) groups is 1. The number of benzene rings is 2. The van der Waals surface area contributed by atoms with Crippen LogP contribution in [0.25, 0.3) is 0 Å². The van der Waals surface area contributed by atoms with Gasteiger partial charge in [-0.15, -0.1) is 0 Å². The van der Waals surface area contributed by atoms with Crippen LogP contribution in [-0.2, 0) is 6.54 Å². The molecule has 0 amide bonds. The van der Waals surface area contributed by atoms with E-state index >= 15 is 0 Å². The Morgan fingerprint density at radius 3 is 2.12 bits per heavy atom. The third kappa shape index (κ3) is 8.26. The number of guanidine groups is 1. The number of nitrogens with one attached hydrogen (secondary N) is 2. The molecule has 1 unspecified atom stereocenters. The van der Waals surface area contributed by atoms with Crippen LogP contribution in [-0.4, -0.2) is 11.6 Å². The molecule has 0 aromatic heterocycles. The van der Waals surface area contributed by atoms with Gasteiger partial charge < -0.3 is 10.1 Å². The van der Waals surface area contributed by atoms with E-state index in [-0.39, 0.29) is 17.6 Å². The SMILES string of the molecule is CC.CC.CC.C[C@@H]1C(NC(=NCc2ccccc2)NC#N)c2ccccc2OC1(C)C. The molecule has 2 atom stereocenters. The maximum atomic E-state index is 9.12. The van der Waals surface area contributed by atoms with Crippen molar-refractivity contribution in [2.45, 2.75) is 80.5 Å². The fourth-order valence-electron chi connectivity index (χ4n) is 3.16. The van der Waals surface area contributed by atoms with Gasteiger partial charge in [-0.1, -0.05) is 97.0 Å². The van der Waals surface area contributed by atoms with Gasteiger partial charge in [-0.05, 0) is 25.5 Å². The Hall–Kier alpha value is -3.00. The van der Waals surface area contributed by atoms with Crippen molar-refractivity contribution in [2.24, 2.45) is 10.9 Å². The number of hydrogen-bond acceptors (Lipinski definition) is 3. The van der Waals surface area contributed by atoms with Gasteiger partial charge in [0, 0.05) is 11.5 Å². The Labute approximate surface area is 195 Å². The van der Waals surface area contributed by atoms with Crippen molar-refractivity contribution in [3.8, 4) is 11.9 Å². The number of para-hydroxylation sites is 1. The van der Waals surface area contributed by atoms with Gasteiger partial charge in [0.2, 0.25) is 5.96 Å². The molecule has 0 radical (unpaired) electrons. The van der Waals surface area contributed by atoms with Crippen molar-refractivity contribution in [3.05, 3.63) is 65.7 Å². The topological polar surface area (TPSA) is 69.4 Å². The van der Waals surface area contributed by atoms with Gasteiger partial charge in [0.25, 0.3) is 0 Å². The zero-order chi connectivity index (χ0) is 24.6. The number of ether oxygens (including phenoxy) is 1. The van der Waals surface area contributed by atoms with E-state index < -0.39 is 0 Å². The summed E-state index contributed by atoms with van der Waals surface area (Å²) < 4.78 is 6.17. The molecule has 5 nitrogen and oxygen atoms in total. The summed E-state index contributed by atoms with van der Waals surface area (Å²) in [5, 5.41) is 15.2. The molecule has 1 aliphatic heterocycles. The van der Waals surface area contributed by atoms with Crippen molar-refractivity contribution < 1.29 is 4.74 Å². The van der Waals surface area contributed by atoms with Gasteiger partial charge in [-0.3, -0.25) is 5.32 Å². The Bertz CT molecular complexity index is 825. The number of nitrogens with zero attached hydrogens (tertiary/aromatic N) is 2. The average Bonchev–Trinajstić information content (AvgIpc) is 2.84. The summed E-state index contributed by atoms with van der Waals surface area (Å²) in [6.07, 6.45) is 1.98. The van der Waals surface area contributed by atoms with Crippen LogP contribution in [0.2, 0.25) is 0 Å². The Morgan fingerprint density at radius 1 is 0.969 bits per heavy atom. The van der Waals surface area contributed by atoms with E-state index in [0.717, 1.165) is 16.9 Å². The highest BCUT2D eigenvalue weighted by atomic mass is 16.5. The van der Waals surface area contributed by atoms with Crippen LogP contribution in [0.15, 0.2) is 59.6 Å². The monoisotopic (exact) mass is 438 g/mol. The summed E-state index contributed by atoms with van der Waals surface area (Å²) in [5.74, 6) is 1.52. The van der Waals surface area contributed by atoms with Gasteiger partial charge in [0.1, 0.15) is 11.4 Å². The highest BCUT2D eigenvalue weighted by Crippen LogP contribution is 2.43. The summed E-state index contributed by atoms with van der Waals surface area (Å²) in [4.78, 5) is 4.56. The van der Waals surface area contributed by atoms with Crippen molar-refractivity contribution in [1.29, 1.82) is 5.26 Å². The highest BCUT2D eigenvalue weighted by Gasteiger charge is 2.41. The normalized spacial score (nSPS) is 17.7. The smallest absolute Gasteiger partial charge is 0.205 e. The molecular formula is C27H42N4O. The lowest BCUT2D eigenvalue weighted by Gasteiger charge is -2.43. The molecule has 1 heterocycles. The van der Waals surface area contributed by atoms with E-state index in [1.54, 1.807) is 0 Å². The summed E-state index contributed by atoms with van der Waals surface area (Å²) in [6, 6.07) is 18.0. The second-order valence-corrected chi connectivity index (χ2v) is 7.04. The lowest BCUT2D eigenvalue weighted by Crippen LogP contribution is -2.50. The van der Waals surface area contributed by atoms with Crippen LogP contribution in [0.5, 0.6) is 5.75 Å². The first-order chi connectivity index (χ1) is 15.5. The zero-order valence-electron chi connectivity index (χ0n) is 21.4. The predicted octanol–water partition coefficient (Wildman–Crippen LogP) is 6.83. The number of fused-ring (bicyclic) bond motifs is 1. The fraction of sp³-hybridized carbons (Fsp3) is 0.481. The maximum absolute atomic E-state index is 9.12. The van der Waals surface area contributed by atoms with Crippen molar-refractivity contribution >= 4 is 5.96 Å². The molecule has 2 aromatic carbocycles. The van der Waals surface area contributed by atoms with Crippen LogP contribution in [0.4, 0.5) is 0 Å². The highest BCUT2D eigenvalue weighted by molar-refractivity contribution is 5.81. The van der Waals surface area contributed by atoms with Crippen molar-refractivity contribution in [2.75, 3.05) is 0 Å². The third-order valence-corrected chi connectivity index (χ3v) is 4.95. The quantitative estimate of drug-likeness (QED) is 0.238. The summed E-state index contributed by atoms with van der Waals surface area (Å²) in [5.41, 5.74) is 1.84. The number of hydrogen-bond donors (Lipinski definition) is 2. The van der Waals surface area contributed by atoms with E-state index in [1.807, 2.05) is 96.3 Å². The molecule has 0 bridgehead atoms. The molecule has 1 aliphatic rings. The number of nitriles is 1. The fourth-order valence-corrected chi connectivity index (χ4v) is 3.16. The third-order valence-electron chi connectivity index (χ3n) is 4.95. The van der Waals surface area contributed by atoms with E-state index in [1.165, 1.54) is 0 Å². The van der Waals surface area contributed by atoms with Crippen molar-refractivity contribution in [3.63, 3.8) is 0 Å². The average molecular weight is 439 g/mol. The Morgan fingerprint density at radius 2 is 1.53 bits per heavy atom. The van der Waals surface area contributed by atoms with Gasteiger partial charge in [-0.25, -0.2) is 4.99 Å². The second kappa shape index (κ2) is 15.8. The standard InChI is InChI=1S/C21H24N4O.3C2H6/c1-15-19(17-11-7-8-12-18(17)26-21(15,2)3)25-20(24-14-22)23-13-16-9-5-4-6-10-16;3*1-2/h4-12,15,19H,13H2,1-3H3,(H2,23,24,25);3*1-2H3/t15-,19?;;;/m1.../s1. The zero-order valence-corrected chi connectivity index (χ0v) is 21.4. The van der Waals surface area contributed by atoms with Crippen LogP contribution in [0.3, 0.4) is 0 Å². The lowest BCUT2D eigenvalue weighted by atomic mass is 9.80. The number of rotatable bonds is 3. The first-order valence-corrected chi connectivity index (χ1v) is 11.8. The summed E-state index contributed by atoms with van der Waals surface area (Å²) in [7, 11) is 0. The minimum absolute atomic E-state index is 0.00896. The molecule has 0 fully saturated rings. The van der Waals surface area contributed by atoms with Gasteiger partial charge in [0.15, 0.2) is 6.19 Å². The molecule has 3 rings (SSSR count). The first kappa shape index (κ1) is 29.0. The molecule has 2 N–H and O–H groups in total. The Balaban J connectivity index is 0.00000148. The molecule has 0 spiro atoms. The Kier molecular flexibility index (Phi) is 14.3. The predicted molar refractivity (Wildman–Crippen MR) is 137 cm³/mol.